The van der Waals surface area contributed by atoms with Gasteiger partial charge in [0.2, 0.25) is 0 Å². The predicted molar refractivity (Wildman–Crippen MR) is 82.1 cm³/mol. The van der Waals surface area contributed by atoms with Gasteiger partial charge in [0.1, 0.15) is 0 Å². The molecule has 0 aromatic heterocycles. The fourth-order valence-electron chi connectivity index (χ4n) is 5.53. The molecule has 1 N–H and O–H groups in total. The van der Waals surface area contributed by atoms with Crippen LogP contribution in [0.15, 0.2) is 0 Å². The van der Waals surface area contributed by atoms with Gasteiger partial charge in [-0.05, 0) is 54.3 Å². The third-order valence-corrected chi connectivity index (χ3v) is 7.92. The maximum Gasteiger partial charge on any atom is 0.0132 e. The number of hydrogen-bond donors (Lipinski definition) is 1. The van der Waals surface area contributed by atoms with Crippen molar-refractivity contribution in [3.05, 3.63) is 0 Å². The Hall–Kier alpha value is -0.0400. The van der Waals surface area contributed by atoms with E-state index in [1.807, 2.05) is 0 Å². The number of rotatable bonds is 2. The zero-order valence-electron chi connectivity index (χ0n) is 13.6. The first-order chi connectivity index (χ1) is 8.86. The zero-order valence-corrected chi connectivity index (χ0v) is 13.6. The van der Waals surface area contributed by atoms with Crippen LogP contribution in [0.1, 0.15) is 73.1 Å². The average molecular weight is 263 g/mol. The number of hydrogen-bond acceptors (Lipinski definition) is 1. The van der Waals surface area contributed by atoms with Gasteiger partial charge in [0.05, 0.1) is 0 Å². The van der Waals surface area contributed by atoms with Crippen molar-refractivity contribution < 1.29 is 0 Å². The van der Waals surface area contributed by atoms with Crippen LogP contribution in [-0.2, 0) is 0 Å². The summed E-state index contributed by atoms with van der Waals surface area (Å²) in [6.45, 7) is 12.5. The normalized spacial score (nSPS) is 52.6. The summed E-state index contributed by atoms with van der Waals surface area (Å²) in [7, 11) is 0. The van der Waals surface area contributed by atoms with Crippen molar-refractivity contribution in [2.75, 3.05) is 0 Å². The summed E-state index contributed by atoms with van der Waals surface area (Å²) in [6, 6.07) is 1.56. The van der Waals surface area contributed by atoms with Gasteiger partial charge >= 0.3 is 0 Å². The highest BCUT2D eigenvalue weighted by Gasteiger charge is 2.61. The summed E-state index contributed by atoms with van der Waals surface area (Å²) in [5.41, 5.74) is 1.09. The molecule has 19 heavy (non-hydrogen) atoms. The molecule has 0 aromatic rings. The Morgan fingerprint density at radius 1 is 1.00 bits per heavy atom. The van der Waals surface area contributed by atoms with Crippen molar-refractivity contribution in [2.24, 2.45) is 28.6 Å². The van der Waals surface area contributed by atoms with Crippen molar-refractivity contribution in [1.82, 2.24) is 5.32 Å². The standard InChI is InChI=1S/C18H33N/c1-12-7-6-8-15(13(12)2)19-16-11-14-9-10-18(16,5)17(14,3)4/h12-16,19H,6-11H2,1-5H3. The monoisotopic (exact) mass is 263 g/mol. The molecule has 1 heteroatoms. The quantitative estimate of drug-likeness (QED) is 0.767. The number of nitrogens with one attached hydrogen (secondary N) is 1. The summed E-state index contributed by atoms with van der Waals surface area (Å²) in [4.78, 5) is 0. The van der Waals surface area contributed by atoms with E-state index in [1.165, 1.54) is 38.5 Å². The maximum absolute atomic E-state index is 4.13. The predicted octanol–water partition coefficient (Wildman–Crippen LogP) is 4.62. The molecule has 0 amide bonds. The van der Waals surface area contributed by atoms with Crippen molar-refractivity contribution in [3.8, 4) is 0 Å². The van der Waals surface area contributed by atoms with E-state index < -0.39 is 0 Å². The van der Waals surface area contributed by atoms with Crippen molar-refractivity contribution >= 4 is 0 Å². The highest BCUT2D eigenvalue weighted by Crippen LogP contribution is 2.65. The van der Waals surface area contributed by atoms with Crippen LogP contribution in [0.5, 0.6) is 0 Å². The zero-order chi connectivity index (χ0) is 13.8. The molecular weight excluding hydrogens is 230 g/mol. The average Bonchev–Trinajstić information content (AvgIpc) is 2.68. The molecule has 0 radical (unpaired) electrons. The van der Waals surface area contributed by atoms with Gasteiger partial charge in [-0.3, -0.25) is 0 Å². The van der Waals surface area contributed by atoms with Crippen molar-refractivity contribution in [3.63, 3.8) is 0 Å². The second-order valence-corrected chi connectivity index (χ2v) is 8.70. The summed E-state index contributed by atoms with van der Waals surface area (Å²) < 4.78 is 0. The Kier molecular flexibility index (Phi) is 3.28. The van der Waals surface area contributed by atoms with E-state index in [9.17, 15) is 0 Å². The molecule has 6 unspecified atom stereocenters. The fraction of sp³-hybridized carbons (Fsp3) is 1.00. The van der Waals surface area contributed by atoms with E-state index in [0.29, 0.717) is 10.8 Å². The summed E-state index contributed by atoms with van der Waals surface area (Å²) in [5.74, 6) is 2.73. The lowest BCUT2D eigenvalue weighted by molar-refractivity contribution is 0.0961. The number of fused-ring (bicyclic) bond motifs is 2. The SMILES string of the molecule is CC1CCCC(NC2CC3CCC2(C)C3(C)C)C1C. The van der Waals surface area contributed by atoms with E-state index in [-0.39, 0.29) is 0 Å². The van der Waals surface area contributed by atoms with E-state index in [2.05, 4.69) is 39.9 Å². The van der Waals surface area contributed by atoms with Gasteiger partial charge in [0.25, 0.3) is 0 Å². The summed E-state index contributed by atoms with van der Waals surface area (Å²) in [5, 5.41) is 4.13. The first kappa shape index (κ1) is 13.9. The molecule has 2 bridgehead atoms. The van der Waals surface area contributed by atoms with E-state index in [1.54, 1.807) is 0 Å². The summed E-state index contributed by atoms with van der Waals surface area (Å²) >= 11 is 0. The van der Waals surface area contributed by atoms with E-state index in [0.717, 1.165) is 29.8 Å². The van der Waals surface area contributed by atoms with Crippen molar-refractivity contribution in [2.45, 2.75) is 85.2 Å². The molecule has 3 fully saturated rings. The second kappa shape index (κ2) is 4.48. The van der Waals surface area contributed by atoms with Crippen LogP contribution < -0.4 is 5.32 Å². The molecule has 0 saturated heterocycles. The smallest absolute Gasteiger partial charge is 0.0132 e. The minimum atomic E-state index is 0.540. The van der Waals surface area contributed by atoms with Gasteiger partial charge in [0.15, 0.2) is 0 Å². The molecular formula is C18H33N. The van der Waals surface area contributed by atoms with Gasteiger partial charge in [-0.1, -0.05) is 47.5 Å². The highest BCUT2D eigenvalue weighted by atomic mass is 15.0. The molecule has 0 aliphatic heterocycles. The summed E-state index contributed by atoms with van der Waals surface area (Å²) in [6.07, 6.45) is 8.62. The Morgan fingerprint density at radius 2 is 1.74 bits per heavy atom. The Bertz CT molecular complexity index is 348. The van der Waals surface area contributed by atoms with Gasteiger partial charge in [-0.2, -0.15) is 0 Å². The Morgan fingerprint density at radius 3 is 2.32 bits per heavy atom. The first-order valence-corrected chi connectivity index (χ1v) is 8.62. The second-order valence-electron chi connectivity index (χ2n) is 8.70. The molecule has 110 valence electrons. The largest absolute Gasteiger partial charge is 0.310 e. The van der Waals surface area contributed by atoms with Gasteiger partial charge in [0, 0.05) is 12.1 Å². The molecule has 3 aliphatic carbocycles. The molecule has 0 aromatic carbocycles. The van der Waals surface area contributed by atoms with Gasteiger partial charge < -0.3 is 5.32 Å². The highest BCUT2D eigenvalue weighted by molar-refractivity contribution is 5.13. The lowest BCUT2D eigenvalue weighted by Crippen LogP contribution is -2.52. The fourth-order valence-corrected chi connectivity index (χ4v) is 5.53. The maximum atomic E-state index is 4.13. The van der Waals surface area contributed by atoms with Crippen molar-refractivity contribution in [1.29, 1.82) is 0 Å². The molecule has 3 saturated carbocycles. The van der Waals surface area contributed by atoms with Crippen LogP contribution in [0.4, 0.5) is 0 Å². The van der Waals surface area contributed by atoms with Crippen LogP contribution in [0.2, 0.25) is 0 Å². The molecule has 3 aliphatic rings. The Balaban J connectivity index is 1.72. The topological polar surface area (TPSA) is 12.0 Å². The van der Waals surface area contributed by atoms with Gasteiger partial charge in [-0.15, -0.1) is 0 Å². The molecule has 6 atom stereocenters. The van der Waals surface area contributed by atoms with Crippen LogP contribution >= 0.6 is 0 Å². The third-order valence-electron chi connectivity index (χ3n) is 7.92. The Labute approximate surface area is 119 Å². The van der Waals surface area contributed by atoms with Crippen LogP contribution in [0, 0.1) is 28.6 Å². The molecule has 1 nitrogen and oxygen atoms in total. The minimum Gasteiger partial charge on any atom is -0.310 e. The van der Waals surface area contributed by atoms with Crippen LogP contribution in [0.25, 0.3) is 0 Å². The lowest BCUT2D eigenvalue weighted by atomic mass is 9.68. The molecule has 0 spiro atoms. The van der Waals surface area contributed by atoms with Gasteiger partial charge in [-0.25, -0.2) is 0 Å². The first-order valence-electron chi connectivity index (χ1n) is 8.62. The van der Waals surface area contributed by atoms with E-state index in [4.69, 9.17) is 0 Å². The van der Waals surface area contributed by atoms with Crippen LogP contribution in [-0.4, -0.2) is 12.1 Å². The third kappa shape index (κ3) is 1.91. The lowest BCUT2D eigenvalue weighted by Gasteiger charge is -2.44. The molecule has 3 rings (SSSR count). The molecule has 0 heterocycles. The van der Waals surface area contributed by atoms with E-state index >= 15 is 0 Å². The van der Waals surface area contributed by atoms with Crippen LogP contribution in [0.3, 0.4) is 0 Å². The minimum absolute atomic E-state index is 0.540.